The van der Waals surface area contributed by atoms with Crippen LogP contribution in [0.3, 0.4) is 0 Å². The van der Waals surface area contributed by atoms with Crippen molar-refractivity contribution in [1.29, 1.82) is 0 Å². The van der Waals surface area contributed by atoms with Gasteiger partial charge in [0.05, 0.1) is 30.5 Å². The predicted molar refractivity (Wildman–Crippen MR) is 89.5 cm³/mol. The Labute approximate surface area is 145 Å². The minimum absolute atomic E-state index is 0.0966. The molecular formula is C14H11BrCl2N2O3. The van der Waals surface area contributed by atoms with Crippen LogP contribution in [-0.4, -0.2) is 25.1 Å². The van der Waals surface area contributed by atoms with Gasteiger partial charge in [0.25, 0.3) is 5.91 Å². The van der Waals surface area contributed by atoms with E-state index in [1.807, 2.05) is 0 Å². The van der Waals surface area contributed by atoms with E-state index in [0.29, 0.717) is 26.7 Å². The molecule has 2 aromatic rings. The molecule has 5 nitrogen and oxygen atoms in total. The minimum atomic E-state index is -0.432. The number of methoxy groups -OCH3 is 2. The number of ether oxygens (including phenoxy) is 2. The number of benzene rings is 1. The summed E-state index contributed by atoms with van der Waals surface area (Å²) in [6.45, 7) is 0. The van der Waals surface area contributed by atoms with E-state index in [-0.39, 0.29) is 10.7 Å². The van der Waals surface area contributed by atoms with Crippen LogP contribution in [0.1, 0.15) is 10.4 Å². The number of carbonyl (C=O) groups excluding carboxylic acids is 1. The van der Waals surface area contributed by atoms with Gasteiger partial charge in [-0.1, -0.05) is 23.2 Å². The van der Waals surface area contributed by atoms with E-state index < -0.39 is 5.91 Å². The molecule has 0 aliphatic carbocycles. The molecule has 1 amide bonds. The number of hydrogen-bond donors (Lipinski definition) is 1. The lowest BCUT2D eigenvalue weighted by atomic mass is 10.2. The largest absolute Gasteiger partial charge is 0.495 e. The fourth-order valence-electron chi connectivity index (χ4n) is 1.73. The van der Waals surface area contributed by atoms with E-state index in [9.17, 15) is 4.79 Å². The fraction of sp³-hybridized carbons (Fsp3) is 0.143. The maximum absolute atomic E-state index is 12.3. The Morgan fingerprint density at radius 1 is 1.18 bits per heavy atom. The lowest BCUT2D eigenvalue weighted by molar-refractivity contribution is 0.102. The first-order chi connectivity index (χ1) is 10.5. The van der Waals surface area contributed by atoms with Crippen molar-refractivity contribution in [2.45, 2.75) is 0 Å². The van der Waals surface area contributed by atoms with Gasteiger partial charge in [0.15, 0.2) is 0 Å². The lowest BCUT2D eigenvalue weighted by Gasteiger charge is -2.13. The van der Waals surface area contributed by atoms with Gasteiger partial charge in [0.2, 0.25) is 0 Å². The zero-order valence-corrected chi connectivity index (χ0v) is 14.7. The highest BCUT2D eigenvalue weighted by Crippen LogP contribution is 2.36. The van der Waals surface area contributed by atoms with Crippen molar-refractivity contribution < 1.29 is 14.3 Å². The summed E-state index contributed by atoms with van der Waals surface area (Å²) in [5.74, 6) is 0.422. The molecule has 0 aliphatic heterocycles. The zero-order chi connectivity index (χ0) is 16.3. The number of hydrogen-bond acceptors (Lipinski definition) is 4. The molecule has 22 heavy (non-hydrogen) atoms. The molecule has 0 spiro atoms. The molecule has 116 valence electrons. The van der Waals surface area contributed by atoms with Crippen molar-refractivity contribution in [1.82, 2.24) is 4.98 Å². The summed E-state index contributed by atoms with van der Waals surface area (Å²) in [6.07, 6.45) is 1.50. The molecule has 0 bridgehead atoms. The first kappa shape index (κ1) is 16.9. The number of amides is 1. The topological polar surface area (TPSA) is 60.5 Å². The van der Waals surface area contributed by atoms with Gasteiger partial charge in [-0.25, -0.2) is 4.98 Å². The second kappa shape index (κ2) is 7.17. The standard InChI is InChI=1S/C14H11BrCl2N2O3/c1-21-11-5-12(22-2)10(4-9(11)16)19-14(20)8-3-7(15)6-18-13(8)17/h3-6H,1-2H3,(H,19,20). The third-order valence-corrected chi connectivity index (χ3v) is 3.80. The van der Waals surface area contributed by atoms with Crippen LogP contribution in [0.4, 0.5) is 5.69 Å². The summed E-state index contributed by atoms with van der Waals surface area (Å²) in [5.41, 5.74) is 0.624. The average Bonchev–Trinajstić information content (AvgIpc) is 2.50. The molecular weight excluding hydrogens is 395 g/mol. The predicted octanol–water partition coefficient (Wildman–Crippen LogP) is 4.42. The highest BCUT2D eigenvalue weighted by atomic mass is 79.9. The van der Waals surface area contributed by atoms with E-state index in [1.54, 1.807) is 12.1 Å². The third-order valence-electron chi connectivity index (χ3n) is 2.77. The number of nitrogens with zero attached hydrogens (tertiary/aromatic N) is 1. The molecule has 0 aliphatic rings. The molecule has 0 unspecified atom stereocenters. The number of nitrogens with one attached hydrogen (secondary N) is 1. The molecule has 2 rings (SSSR count). The van der Waals surface area contributed by atoms with Crippen LogP contribution in [0, 0.1) is 0 Å². The Morgan fingerprint density at radius 2 is 1.86 bits per heavy atom. The maximum Gasteiger partial charge on any atom is 0.258 e. The van der Waals surface area contributed by atoms with Crippen molar-refractivity contribution in [3.63, 3.8) is 0 Å². The number of aromatic nitrogens is 1. The molecule has 0 saturated heterocycles. The van der Waals surface area contributed by atoms with E-state index in [4.69, 9.17) is 32.7 Å². The molecule has 0 atom stereocenters. The molecule has 0 radical (unpaired) electrons. The van der Waals surface area contributed by atoms with Crippen LogP contribution < -0.4 is 14.8 Å². The summed E-state index contributed by atoms with van der Waals surface area (Å²) >= 11 is 15.3. The summed E-state index contributed by atoms with van der Waals surface area (Å²) in [7, 11) is 2.97. The van der Waals surface area contributed by atoms with E-state index in [0.717, 1.165) is 0 Å². The number of rotatable bonds is 4. The highest BCUT2D eigenvalue weighted by Gasteiger charge is 2.16. The van der Waals surface area contributed by atoms with Crippen molar-refractivity contribution >= 4 is 50.7 Å². The first-order valence-corrected chi connectivity index (χ1v) is 7.55. The molecule has 0 fully saturated rings. The molecule has 1 N–H and O–H groups in total. The fourth-order valence-corrected chi connectivity index (χ4v) is 2.49. The van der Waals surface area contributed by atoms with Crippen LogP contribution >= 0.6 is 39.1 Å². The van der Waals surface area contributed by atoms with Crippen molar-refractivity contribution in [2.24, 2.45) is 0 Å². The van der Waals surface area contributed by atoms with E-state index in [1.165, 1.54) is 26.5 Å². The SMILES string of the molecule is COc1cc(OC)c(NC(=O)c2cc(Br)cnc2Cl)cc1Cl. The Morgan fingerprint density at radius 3 is 2.50 bits per heavy atom. The quantitative estimate of drug-likeness (QED) is 0.764. The Kier molecular flexibility index (Phi) is 5.50. The Bertz CT molecular complexity index is 725. The van der Waals surface area contributed by atoms with Crippen LogP contribution in [0.2, 0.25) is 10.2 Å². The van der Waals surface area contributed by atoms with Gasteiger partial charge < -0.3 is 14.8 Å². The van der Waals surface area contributed by atoms with Gasteiger partial charge in [0.1, 0.15) is 16.7 Å². The van der Waals surface area contributed by atoms with Gasteiger partial charge in [0, 0.05) is 16.7 Å². The van der Waals surface area contributed by atoms with Gasteiger partial charge in [-0.2, -0.15) is 0 Å². The van der Waals surface area contributed by atoms with Crippen molar-refractivity contribution in [3.8, 4) is 11.5 Å². The average molecular weight is 406 g/mol. The Hall–Kier alpha value is -1.50. The minimum Gasteiger partial charge on any atom is -0.495 e. The van der Waals surface area contributed by atoms with Crippen LogP contribution in [-0.2, 0) is 0 Å². The Balaban J connectivity index is 2.36. The molecule has 1 aromatic heterocycles. The van der Waals surface area contributed by atoms with Crippen LogP contribution in [0.25, 0.3) is 0 Å². The molecule has 1 aromatic carbocycles. The third kappa shape index (κ3) is 3.63. The smallest absolute Gasteiger partial charge is 0.258 e. The van der Waals surface area contributed by atoms with Crippen LogP contribution in [0.15, 0.2) is 28.9 Å². The lowest BCUT2D eigenvalue weighted by Crippen LogP contribution is -2.14. The number of pyridine rings is 1. The van der Waals surface area contributed by atoms with E-state index in [2.05, 4.69) is 26.2 Å². The number of carbonyl (C=O) groups is 1. The monoisotopic (exact) mass is 404 g/mol. The zero-order valence-electron chi connectivity index (χ0n) is 11.6. The van der Waals surface area contributed by atoms with Crippen LogP contribution in [0.5, 0.6) is 11.5 Å². The summed E-state index contributed by atoms with van der Waals surface area (Å²) < 4.78 is 11.0. The van der Waals surface area contributed by atoms with Gasteiger partial charge in [-0.3, -0.25) is 4.79 Å². The van der Waals surface area contributed by atoms with Gasteiger partial charge in [-0.05, 0) is 28.1 Å². The van der Waals surface area contributed by atoms with Gasteiger partial charge >= 0.3 is 0 Å². The summed E-state index contributed by atoms with van der Waals surface area (Å²) in [5, 5.41) is 3.13. The van der Waals surface area contributed by atoms with E-state index >= 15 is 0 Å². The number of anilines is 1. The summed E-state index contributed by atoms with van der Waals surface area (Å²) in [6, 6.07) is 4.69. The second-order valence-electron chi connectivity index (χ2n) is 4.13. The number of halogens is 3. The molecule has 8 heteroatoms. The first-order valence-electron chi connectivity index (χ1n) is 6.00. The van der Waals surface area contributed by atoms with Gasteiger partial charge in [-0.15, -0.1) is 0 Å². The van der Waals surface area contributed by atoms with Crippen molar-refractivity contribution in [3.05, 3.63) is 44.6 Å². The maximum atomic E-state index is 12.3. The highest BCUT2D eigenvalue weighted by molar-refractivity contribution is 9.10. The molecule has 0 saturated carbocycles. The normalized spacial score (nSPS) is 10.2. The second-order valence-corrected chi connectivity index (χ2v) is 5.81. The summed E-state index contributed by atoms with van der Waals surface area (Å²) in [4.78, 5) is 16.2. The molecule has 1 heterocycles. The van der Waals surface area contributed by atoms with Crippen molar-refractivity contribution in [2.75, 3.05) is 19.5 Å².